The van der Waals surface area contributed by atoms with Crippen molar-refractivity contribution in [3.63, 3.8) is 0 Å². The minimum atomic E-state index is -0.763. The summed E-state index contributed by atoms with van der Waals surface area (Å²) < 4.78 is 25.2. The lowest BCUT2D eigenvalue weighted by atomic mass is 10.2. The Hall–Kier alpha value is -4.08. The van der Waals surface area contributed by atoms with E-state index in [0.29, 0.717) is 31.3 Å². The van der Waals surface area contributed by atoms with Gasteiger partial charge in [-0.3, -0.25) is 13.9 Å². The number of esters is 1. The van der Waals surface area contributed by atoms with E-state index in [1.54, 1.807) is 11.6 Å². The minimum Gasteiger partial charge on any atom is -0.493 e. The number of nitrogens with zero attached hydrogens (tertiary/aromatic N) is 5. The second-order valence-electron chi connectivity index (χ2n) is 9.77. The molecule has 1 aromatic carbocycles. The summed E-state index contributed by atoms with van der Waals surface area (Å²) in [6.45, 7) is 2.49. The molecular weight excluding hydrogens is 540 g/mol. The van der Waals surface area contributed by atoms with Crippen molar-refractivity contribution in [2.75, 3.05) is 72.2 Å². The highest BCUT2D eigenvalue weighted by atomic mass is 16.5. The number of hydrogen-bond acceptors (Lipinski definition) is 11. The molecule has 224 valence electrons. The van der Waals surface area contributed by atoms with E-state index in [9.17, 15) is 19.5 Å². The molecular formula is C26H37N6O9+. The molecule has 1 atom stereocenters. The third-order valence-corrected chi connectivity index (χ3v) is 7.27. The summed E-state index contributed by atoms with van der Waals surface area (Å²) in [5.41, 5.74) is -0.455. The van der Waals surface area contributed by atoms with Gasteiger partial charge in [-0.1, -0.05) is 0 Å². The number of methoxy groups -OCH3 is 3. The largest absolute Gasteiger partial charge is 0.493 e. The van der Waals surface area contributed by atoms with Crippen LogP contribution in [0.1, 0.15) is 10.4 Å². The molecule has 41 heavy (non-hydrogen) atoms. The van der Waals surface area contributed by atoms with Crippen LogP contribution in [0.25, 0.3) is 11.2 Å². The molecule has 15 heteroatoms. The number of ether oxygens (including phenoxy) is 4. The fraction of sp³-hybridized carbons (Fsp3) is 0.538. The van der Waals surface area contributed by atoms with E-state index in [4.69, 9.17) is 24.1 Å². The molecule has 1 saturated heterocycles. The van der Waals surface area contributed by atoms with Gasteiger partial charge in [0.15, 0.2) is 22.7 Å². The second-order valence-corrected chi connectivity index (χ2v) is 9.77. The number of nitrogens with one attached hydrogen (secondary N) is 1. The molecule has 1 aliphatic heterocycles. The van der Waals surface area contributed by atoms with E-state index < -0.39 is 23.3 Å². The number of anilines is 1. The van der Waals surface area contributed by atoms with Gasteiger partial charge in [-0.05, 0) is 12.1 Å². The van der Waals surface area contributed by atoms with Gasteiger partial charge in [0, 0.05) is 14.1 Å². The highest BCUT2D eigenvalue weighted by molar-refractivity contribution is 5.91. The number of rotatable bonds is 11. The Labute approximate surface area is 235 Å². The van der Waals surface area contributed by atoms with Crippen LogP contribution in [0, 0.1) is 0 Å². The van der Waals surface area contributed by atoms with Crippen LogP contribution in [-0.4, -0.2) is 108 Å². The molecule has 0 unspecified atom stereocenters. The third-order valence-electron chi connectivity index (χ3n) is 7.27. The summed E-state index contributed by atoms with van der Waals surface area (Å²) in [5, 5.41) is 18.9. The number of carbonyl (C=O) groups is 1. The lowest BCUT2D eigenvalue weighted by Gasteiger charge is -2.33. The van der Waals surface area contributed by atoms with Crippen LogP contribution in [0.5, 0.6) is 17.2 Å². The van der Waals surface area contributed by atoms with Gasteiger partial charge in [-0.2, -0.15) is 4.98 Å². The zero-order chi connectivity index (χ0) is 29.8. The minimum absolute atomic E-state index is 0.152. The Morgan fingerprint density at radius 2 is 1.68 bits per heavy atom. The highest BCUT2D eigenvalue weighted by Crippen LogP contribution is 2.38. The lowest BCUT2D eigenvalue weighted by molar-refractivity contribution is -0.903. The molecule has 4 rings (SSSR count). The Morgan fingerprint density at radius 3 is 2.24 bits per heavy atom. The van der Waals surface area contributed by atoms with E-state index in [0.717, 1.165) is 22.6 Å². The topological polar surface area (TPSA) is 164 Å². The number of fused-ring (bicyclic) bond motifs is 1. The van der Waals surface area contributed by atoms with Gasteiger partial charge >= 0.3 is 11.7 Å². The van der Waals surface area contributed by atoms with Crippen LogP contribution < -0.4 is 35.3 Å². The summed E-state index contributed by atoms with van der Waals surface area (Å²) in [5.74, 6) is 0.763. The predicted molar refractivity (Wildman–Crippen MR) is 147 cm³/mol. The van der Waals surface area contributed by atoms with Crippen molar-refractivity contribution in [3.8, 4) is 17.2 Å². The first-order valence-electron chi connectivity index (χ1n) is 13.2. The molecule has 15 nitrogen and oxygen atoms in total. The van der Waals surface area contributed by atoms with E-state index in [2.05, 4.69) is 4.98 Å². The monoisotopic (exact) mass is 577 g/mol. The Balaban J connectivity index is 1.52. The van der Waals surface area contributed by atoms with Crippen molar-refractivity contribution >= 4 is 23.1 Å². The molecule has 3 heterocycles. The van der Waals surface area contributed by atoms with Crippen molar-refractivity contribution in [2.24, 2.45) is 14.1 Å². The number of carbonyl (C=O) groups excluding carboxylic acids is 1. The van der Waals surface area contributed by atoms with Gasteiger partial charge < -0.3 is 43.5 Å². The Kier molecular flexibility index (Phi) is 9.20. The molecule has 1 aliphatic rings. The van der Waals surface area contributed by atoms with Gasteiger partial charge in [-0.25, -0.2) is 9.59 Å². The van der Waals surface area contributed by atoms with Crippen molar-refractivity contribution in [1.82, 2.24) is 18.7 Å². The molecule has 0 radical (unpaired) electrons. The maximum Gasteiger partial charge on any atom is 0.338 e. The average molecular weight is 578 g/mol. The molecule has 3 N–H and O–H groups in total. The fourth-order valence-electron chi connectivity index (χ4n) is 5.05. The molecule has 0 amide bonds. The normalized spacial score (nSPS) is 14.8. The second kappa shape index (κ2) is 12.6. The third kappa shape index (κ3) is 5.87. The van der Waals surface area contributed by atoms with Gasteiger partial charge in [0.1, 0.15) is 19.3 Å². The first-order chi connectivity index (χ1) is 19.6. The predicted octanol–water partition coefficient (Wildman–Crippen LogP) is -2.63. The number of aliphatic hydroxyl groups is 2. The Morgan fingerprint density at radius 1 is 1.05 bits per heavy atom. The van der Waals surface area contributed by atoms with Crippen molar-refractivity contribution in [3.05, 3.63) is 38.5 Å². The van der Waals surface area contributed by atoms with Crippen molar-refractivity contribution in [1.29, 1.82) is 0 Å². The number of aromatic nitrogens is 4. The van der Waals surface area contributed by atoms with Crippen LogP contribution in [-0.2, 0) is 25.4 Å². The van der Waals surface area contributed by atoms with Crippen molar-refractivity contribution in [2.45, 2.75) is 12.6 Å². The standard InChI is InChI=1S/C26H36N6O9/c1-28-20-22(27-25(28)31-8-6-30(7-9-31)14-17(34)15-33)29(2)26(37)32(23(20)35)10-11-41-24(36)16-12-18(38-3)21(40-5)19(13-16)39-4/h12-13,17,33-34H,6-11,14-15H2,1-5H3/p+1/t17-/m1/s1. The van der Waals surface area contributed by atoms with Crippen molar-refractivity contribution < 1.29 is 38.9 Å². The van der Waals surface area contributed by atoms with Crippen LogP contribution in [0.3, 0.4) is 0 Å². The summed E-state index contributed by atoms with van der Waals surface area (Å²) in [4.78, 5) is 47.1. The van der Waals surface area contributed by atoms with E-state index in [-0.39, 0.29) is 48.0 Å². The fourth-order valence-corrected chi connectivity index (χ4v) is 5.05. The number of piperazine rings is 1. The maximum atomic E-state index is 13.4. The number of benzene rings is 1. The lowest BCUT2D eigenvalue weighted by Crippen LogP contribution is -3.16. The van der Waals surface area contributed by atoms with E-state index in [1.807, 2.05) is 4.90 Å². The zero-order valence-corrected chi connectivity index (χ0v) is 23.9. The summed E-state index contributed by atoms with van der Waals surface area (Å²) in [7, 11) is 7.57. The molecule has 0 aliphatic carbocycles. The first-order valence-corrected chi connectivity index (χ1v) is 13.2. The Bertz CT molecular complexity index is 1500. The number of hydrogen-bond donors (Lipinski definition) is 3. The quantitative estimate of drug-likeness (QED) is 0.204. The van der Waals surface area contributed by atoms with Gasteiger partial charge in [-0.15, -0.1) is 0 Å². The van der Waals surface area contributed by atoms with Crippen LogP contribution in [0.15, 0.2) is 21.7 Å². The van der Waals surface area contributed by atoms with E-state index >= 15 is 0 Å². The summed E-state index contributed by atoms with van der Waals surface area (Å²) in [6, 6.07) is 2.91. The van der Waals surface area contributed by atoms with E-state index in [1.165, 1.54) is 45.1 Å². The van der Waals surface area contributed by atoms with Gasteiger partial charge in [0.2, 0.25) is 11.7 Å². The molecule has 1 fully saturated rings. The van der Waals surface area contributed by atoms with Crippen LogP contribution >= 0.6 is 0 Å². The number of aliphatic hydroxyl groups excluding tert-OH is 2. The maximum absolute atomic E-state index is 13.4. The molecule has 2 aromatic heterocycles. The molecule has 3 aromatic rings. The molecule has 0 spiro atoms. The highest BCUT2D eigenvalue weighted by Gasteiger charge is 2.27. The number of imidazole rings is 1. The molecule has 0 bridgehead atoms. The van der Waals surface area contributed by atoms with Crippen LogP contribution in [0.4, 0.5) is 5.95 Å². The van der Waals surface area contributed by atoms with Gasteiger partial charge in [0.25, 0.3) is 5.56 Å². The first kappa shape index (κ1) is 29.9. The summed E-state index contributed by atoms with van der Waals surface area (Å²) in [6.07, 6.45) is -0.763. The number of quaternary nitrogens is 1. The number of aryl methyl sites for hydroxylation is 2. The molecule has 0 saturated carbocycles. The summed E-state index contributed by atoms with van der Waals surface area (Å²) >= 11 is 0. The SMILES string of the molecule is COc1cc(C(=O)OCCn2c(=O)c3c(nc(N4CC[NH+](C[C@@H](O)CO)CC4)n3C)n(C)c2=O)cc(OC)c1OC. The smallest absolute Gasteiger partial charge is 0.338 e. The zero-order valence-electron chi connectivity index (χ0n) is 23.9. The van der Waals surface area contributed by atoms with Gasteiger partial charge in [0.05, 0.1) is 66.2 Å². The van der Waals surface area contributed by atoms with Crippen LogP contribution in [0.2, 0.25) is 0 Å². The average Bonchev–Trinajstić information content (AvgIpc) is 3.34.